The lowest BCUT2D eigenvalue weighted by atomic mass is 9.97. The lowest BCUT2D eigenvalue weighted by Crippen LogP contribution is -2.41. The number of aromatic amines is 1. The standard InChI is InChI=1S/C20H19ClF3N5O2/c1-9-10(2)28-29-17(9)19(30)26-12-5-11-6-16(27-18(11)25-8-12)14-7-13(3-4-15(14)21)31-20(22,23)24/h3-10,17,28-29H,1-2H3,(H,25,27)(H,26,30). The fraction of sp³-hybridized carbons (Fsp3) is 0.300. The van der Waals surface area contributed by atoms with E-state index in [2.05, 4.69) is 30.9 Å². The molecule has 3 aromatic rings. The number of amides is 1. The Hall–Kier alpha value is -2.82. The Labute approximate surface area is 180 Å². The Morgan fingerprint density at radius 2 is 1.97 bits per heavy atom. The minimum atomic E-state index is -4.81. The molecule has 1 aliphatic heterocycles. The van der Waals surface area contributed by atoms with Crippen LogP contribution in [-0.4, -0.2) is 34.3 Å². The van der Waals surface area contributed by atoms with Crippen LogP contribution in [0.5, 0.6) is 5.75 Å². The third-order valence-electron chi connectivity index (χ3n) is 5.26. The van der Waals surface area contributed by atoms with Crippen molar-refractivity contribution in [3.8, 4) is 17.0 Å². The van der Waals surface area contributed by atoms with Crippen LogP contribution in [0.1, 0.15) is 13.8 Å². The van der Waals surface area contributed by atoms with Gasteiger partial charge in [0.1, 0.15) is 17.4 Å². The van der Waals surface area contributed by atoms with E-state index in [1.165, 1.54) is 18.3 Å². The van der Waals surface area contributed by atoms with Crippen molar-refractivity contribution < 1.29 is 22.7 Å². The number of fused-ring (bicyclic) bond motifs is 1. The highest BCUT2D eigenvalue weighted by atomic mass is 35.5. The Kier molecular flexibility index (Phi) is 5.54. The van der Waals surface area contributed by atoms with E-state index in [0.29, 0.717) is 28.0 Å². The number of anilines is 1. The Bertz CT molecular complexity index is 1130. The van der Waals surface area contributed by atoms with Gasteiger partial charge in [0, 0.05) is 22.7 Å². The number of alkyl halides is 3. The molecule has 0 spiro atoms. The quantitative estimate of drug-likeness (QED) is 0.475. The normalized spacial score (nSPS) is 21.4. The third-order valence-corrected chi connectivity index (χ3v) is 5.59. The molecule has 0 bridgehead atoms. The molecule has 11 heteroatoms. The molecule has 31 heavy (non-hydrogen) atoms. The summed E-state index contributed by atoms with van der Waals surface area (Å²) in [5.41, 5.74) is 7.79. The molecule has 2 aromatic heterocycles. The van der Waals surface area contributed by atoms with Crippen molar-refractivity contribution in [2.45, 2.75) is 32.3 Å². The average molecular weight is 454 g/mol. The Morgan fingerprint density at radius 1 is 1.19 bits per heavy atom. The molecule has 3 heterocycles. The van der Waals surface area contributed by atoms with Gasteiger partial charge in [-0.2, -0.15) is 0 Å². The molecule has 3 atom stereocenters. The number of halogens is 4. The van der Waals surface area contributed by atoms with E-state index in [1.54, 1.807) is 12.1 Å². The minimum absolute atomic E-state index is 0.101. The highest BCUT2D eigenvalue weighted by Crippen LogP contribution is 2.34. The number of benzene rings is 1. The lowest BCUT2D eigenvalue weighted by molar-refractivity contribution is -0.274. The number of hydrogen-bond donors (Lipinski definition) is 4. The van der Waals surface area contributed by atoms with Crippen molar-refractivity contribution in [1.29, 1.82) is 0 Å². The lowest BCUT2D eigenvalue weighted by Gasteiger charge is -2.15. The highest BCUT2D eigenvalue weighted by Gasteiger charge is 2.34. The van der Waals surface area contributed by atoms with Crippen LogP contribution in [0, 0.1) is 5.92 Å². The van der Waals surface area contributed by atoms with Crippen LogP contribution >= 0.6 is 11.6 Å². The van der Waals surface area contributed by atoms with E-state index in [9.17, 15) is 18.0 Å². The number of carbonyl (C=O) groups is 1. The van der Waals surface area contributed by atoms with Crippen molar-refractivity contribution >= 4 is 34.2 Å². The first kappa shape index (κ1) is 21.4. The molecule has 0 radical (unpaired) electrons. The summed E-state index contributed by atoms with van der Waals surface area (Å²) in [6, 6.07) is 6.85. The van der Waals surface area contributed by atoms with Gasteiger partial charge in [-0.05, 0) is 43.2 Å². The van der Waals surface area contributed by atoms with E-state index >= 15 is 0 Å². The molecule has 1 amide bonds. The number of carbonyl (C=O) groups excluding carboxylic acids is 1. The number of nitrogens with zero attached hydrogens (tertiary/aromatic N) is 1. The predicted molar refractivity (Wildman–Crippen MR) is 111 cm³/mol. The van der Waals surface area contributed by atoms with Crippen molar-refractivity contribution in [2.24, 2.45) is 5.92 Å². The van der Waals surface area contributed by atoms with E-state index in [0.717, 1.165) is 6.07 Å². The van der Waals surface area contributed by atoms with Crippen molar-refractivity contribution in [3.05, 3.63) is 41.6 Å². The van der Waals surface area contributed by atoms with Crippen molar-refractivity contribution in [2.75, 3.05) is 5.32 Å². The summed E-state index contributed by atoms with van der Waals surface area (Å²) >= 11 is 6.18. The predicted octanol–water partition coefficient (Wildman–Crippen LogP) is 4.22. The van der Waals surface area contributed by atoms with Crippen molar-refractivity contribution in [1.82, 2.24) is 20.8 Å². The molecule has 3 unspecified atom stereocenters. The first-order valence-electron chi connectivity index (χ1n) is 9.47. The molecule has 164 valence electrons. The number of pyridine rings is 1. The molecule has 1 aromatic carbocycles. The van der Waals surface area contributed by atoms with Gasteiger partial charge in [0.15, 0.2) is 0 Å². The third kappa shape index (κ3) is 4.60. The fourth-order valence-corrected chi connectivity index (χ4v) is 3.65. The van der Waals surface area contributed by atoms with E-state index < -0.39 is 6.36 Å². The summed E-state index contributed by atoms with van der Waals surface area (Å²) in [7, 11) is 0. The molecule has 1 aliphatic rings. The molecular weight excluding hydrogens is 435 g/mol. The van der Waals surface area contributed by atoms with Gasteiger partial charge in [0.05, 0.1) is 16.9 Å². The fourth-order valence-electron chi connectivity index (χ4n) is 3.43. The van der Waals surface area contributed by atoms with Gasteiger partial charge in [-0.1, -0.05) is 18.5 Å². The molecule has 0 saturated carbocycles. The van der Waals surface area contributed by atoms with Gasteiger partial charge >= 0.3 is 6.36 Å². The molecule has 1 fully saturated rings. The van der Waals surface area contributed by atoms with Crippen LogP contribution in [0.15, 0.2) is 36.5 Å². The monoisotopic (exact) mass is 453 g/mol. The molecule has 4 rings (SSSR count). The first-order chi connectivity index (χ1) is 14.6. The maximum Gasteiger partial charge on any atom is 0.573 e. The van der Waals surface area contributed by atoms with E-state index in [-0.39, 0.29) is 34.7 Å². The summed E-state index contributed by atoms with van der Waals surface area (Å²) < 4.78 is 41.6. The SMILES string of the molecule is CC1NNC(C(=O)Nc2cnc3[nH]c(-c4cc(OC(F)(F)F)ccc4Cl)cc3c2)C1C. The minimum Gasteiger partial charge on any atom is -0.406 e. The molecule has 4 N–H and O–H groups in total. The topological polar surface area (TPSA) is 91.1 Å². The number of rotatable bonds is 4. The number of ether oxygens (including phenoxy) is 1. The number of hydrazine groups is 1. The van der Waals surface area contributed by atoms with E-state index in [1.807, 2.05) is 13.8 Å². The second-order valence-corrected chi connectivity index (χ2v) is 7.84. The number of hydrogen-bond acceptors (Lipinski definition) is 5. The Morgan fingerprint density at radius 3 is 2.65 bits per heavy atom. The van der Waals surface area contributed by atoms with E-state index in [4.69, 9.17) is 11.6 Å². The maximum absolute atomic E-state index is 12.6. The molecule has 7 nitrogen and oxygen atoms in total. The summed E-state index contributed by atoms with van der Waals surface area (Å²) in [6.45, 7) is 3.96. The van der Waals surface area contributed by atoms with Crippen LogP contribution in [0.4, 0.5) is 18.9 Å². The zero-order valence-electron chi connectivity index (χ0n) is 16.5. The Balaban J connectivity index is 1.58. The molecule has 0 aliphatic carbocycles. The van der Waals surface area contributed by atoms with Crippen LogP contribution in [-0.2, 0) is 4.79 Å². The average Bonchev–Trinajstić information content (AvgIpc) is 3.25. The molecule has 1 saturated heterocycles. The zero-order valence-corrected chi connectivity index (χ0v) is 17.2. The summed E-state index contributed by atoms with van der Waals surface area (Å²) in [6.07, 6.45) is -3.30. The van der Waals surface area contributed by atoms with Crippen molar-refractivity contribution in [3.63, 3.8) is 0 Å². The number of H-pyrrole nitrogens is 1. The maximum atomic E-state index is 12.6. The van der Waals surface area contributed by atoms with Gasteiger partial charge < -0.3 is 15.0 Å². The van der Waals surface area contributed by atoms with Gasteiger partial charge in [0.25, 0.3) is 0 Å². The van der Waals surface area contributed by atoms with Crippen LogP contribution in [0.3, 0.4) is 0 Å². The highest BCUT2D eigenvalue weighted by molar-refractivity contribution is 6.33. The smallest absolute Gasteiger partial charge is 0.406 e. The second-order valence-electron chi connectivity index (χ2n) is 7.44. The number of aromatic nitrogens is 2. The van der Waals surface area contributed by atoms with Crippen LogP contribution < -0.4 is 20.9 Å². The van der Waals surface area contributed by atoms with Gasteiger partial charge in [0.2, 0.25) is 5.91 Å². The first-order valence-corrected chi connectivity index (χ1v) is 9.85. The summed E-state index contributed by atoms with van der Waals surface area (Å²) in [4.78, 5) is 19.9. The number of nitrogens with one attached hydrogen (secondary N) is 4. The summed E-state index contributed by atoms with van der Waals surface area (Å²) in [5.74, 6) is -0.474. The van der Waals surface area contributed by atoms with Crippen LogP contribution in [0.2, 0.25) is 5.02 Å². The van der Waals surface area contributed by atoms with Gasteiger partial charge in [-0.3, -0.25) is 10.2 Å². The molecular formula is C20H19ClF3N5O2. The van der Waals surface area contributed by atoms with Gasteiger partial charge in [-0.15, -0.1) is 13.2 Å². The largest absolute Gasteiger partial charge is 0.573 e. The zero-order chi connectivity index (χ0) is 22.3. The summed E-state index contributed by atoms with van der Waals surface area (Å²) in [5, 5.41) is 3.74. The van der Waals surface area contributed by atoms with Crippen LogP contribution in [0.25, 0.3) is 22.3 Å². The van der Waals surface area contributed by atoms with Gasteiger partial charge in [-0.25, -0.2) is 10.4 Å². The second kappa shape index (κ2) is 8.03.